The van der Waals surface area contributed by atoms with E-state index < -0.39 is 16.0 Å². The summed E-state index contributed by atoms with van der Waals surface area (Å²) in [5, 5.41) is 8.78. The maximum absolute atomic E-state index is 11.4. The maximum Gasteiger partial charge on any atom is 0.335 e. The van der Waals surface area contributed by atoms with E-state index in [-0.39, 0.29) is 16.0 Å². The standard InChI is InChI=1S/C9H7NO5S/c1-6-7(9(12)13)3-2-4-8(6)16(14,15)10-5-11/h2-4H,1H3,(H,12,13). The fraction of sp³-hybridized carbons (Fsp3) is 0.111. The SMILES string of the molecule is Cc1c(C(=O)O)cccc1S(=O)(=O)N=C=O. The molecule has 0 aromatic heterocycles. The molecule has 0 unspecified atom stereocenters. The molecule has 0 aliphatic rings. The molecule has 0 saturated heterocycles. The lowest BCUT2D eigenvalue weighted by Crippen LogP contribution is -2.06. The molecule has 1 N–H and O–H groups in total. The van der Waals surface area contributed by atoms with E-state index >= 15 is 0 Å². The molecule has 0 aliphatic carbocycles. The van der Waals surface area contributed by atoms with Gasteiger partial charge in [-0.1, -0.05) is 10.5 Å². The Morgan fingerprint density at radius 2 is 2.06 bits per heavy atom. The second-order valence-electron chi connectivity index (χ2n) is 2.89. The van der Waals surface area contributed by atoms with E-state index in [9.17, 15) is 18.0 Å². The molecule has 1 aromatic carbocycles. The monoisotopic (exact) mass is 241 g/mol. The maximum atomic E-state index is 11.4. The predicted molar refractivity (Wildman–Crippen MR) is 53.4 cm³/mol. The summed E-state index contributed by atoms with van der Waals surface area (Å²) in [6.45, 7) is 1.33. The van der Waals surface area contributed by atoms with E-state index in [1.54, 1.807) is 0 Å². The van der Waals surface area contributed by atoms with Crippen LogP contribution in [-0.4, -0.2) is 25.6 Å². The third kappa shape index (κ3) is 2.16. The Morgan fingerprint density at radius 1 is 1.44 bits per heavy atom. The second-order valence-corrected chi connectivity index (χ2v) is 4.46. The second kappa shape index (κ2) is 4.26. The van der Waals surface area contributed by atoms with Crippen molar-refractivity contribution in [2.75, 3.05) is 0 Å². The van der Waals surface area contributed by atoms with Crippen molar-refractivity contribution in [2.45, 2.75) is 11.8 Å². The first-order valence-corrected chi connectivity index (χ1v) is 5.51. The van der Waals surface area contributed by atoms with E-state index in [1.807, 2.05) is 0 Å². The quantitative estimate of drug-likeness (QED) is 0.620. The molecule has 0 saturated carbocycles. The normalized spacial score (nSPS) is 10.6. The molecule has 7 heteroatoms. The van der Waals surface area contributed by atoms with Crippen LogP contribution in [-0.2, 0) is 14.8 Å². The number of carboxylic acid groups (broad SMARTS) is 1. The van der Waals surface area contributed by atoms with Crippen LogP contribution >= 0.6 is 0 Å². The summed E-state index contributed by atoms with van der Waals surface area (Å²) >= 11 is 0. The fourth-order valence-corrected chi connectivity index (χ4v) is 2.17. The van der Waals surface area contributed by atoms with Crippen LogP contribution in [0.15, 0.2) is 27.5 Å². The van der Waals surface area contributed by atoms with Gasteiger partial charge in [-0.15, -0.1) is 0 Å². The lowest BCUT2D eigenvalue weighted by atomic mass is 10.1. The smallest absolute Gasteiger partial charge is 0.335 e. The van der Waals surface area contributed by atoms with Crippen molar-refractivity contribution in [3.05, 3.63) is 29.3 Å². The van der Waals surface area contributed by atoms with Gasteiger partial charge in [0.05, 0.1) is 10.5 Å². The minimum Gasteiger partial charge on any atom is -0.478 e. The third-order valence-corrected chi connectivity index (χ3v) is 3.26. The van der Waals surface area contributed by atoms with Crippen LogP contribution in [0.5, 0.6) is 0 Å². The van der Waals surface area contributed by atoms with Gasteiger partial charge in [-0.05, 0) is 24.6 Å². The number of rotatable bonds is 3. The number of sulfonamides is 1. The molecule has 1 aromatic rings. The van der Waals surface area contributed by atoms with Gasteiger partial charge in [0.25, 0.3) is 16.1 Å². The Kier molecular flexibility index (Phi) is 3.22. The minimum atomic E-state index is -4.16. The predicted octanol–water partition coefficient (Wildman–Crippen LogP) is 0.718. The van der Waals surface area contributed by atoms with Crippen LogP contribution in [0.3, 0.4) is 0 Å². The summed E-state index contributed by atoms with van der Waals surface area (Å²) in [5.74, 6) is -1.25. The molecule has 0 spiro atoms. The van der Waals surface area contributed by atoms with E-state index in [1.165, 1.54) is 25.1 Å². The van der Waals surface area contributed by atoms with Crippen LogP contribution < -0.4 is 0 Å². The Morgan fingerprint density at radius 3 is 2.56 bits per heavy atom. The Hall–Kier alpha value is -1.98. The van der Waals surface area contributed by atoms with Gasteiger partial charge in [0.2, 0.25) is 0 Å². The van der Waals surface area contributed by atoms with Crippen molar-refractivity contribution >= 4 is 22.1 Å². The van der Waals surface area contributed by atoms with Gasteiger partial charge in [-0.2, -0.15) is 8.42 Å². The van der Waals surface area contributed by atoms with E-state index in [0.29, 0.717) is 0 Å². The van der Waals surface area contributed by atoms with E-state index in [2.05, 4.69) is 4.40 Å². The summed E-state index contributed by atoms with van der Waals surface area (Å²) < 4.78 is 25.5. The summed E-state index contributed by atoms with van der Waals surface area (Å²) in [6.07, 6.45) is 0.922. The average Bonchev–Trinajstić information content (AvgIpc) is 2.17. The van der Waals surface area contributed by atoms with Gasteiger partial charge in [-0.3, -0.25) is 0 Å². The van der Waals surface area contributed by atoms with Gasteiger partial charge < -0.3 is 5.11 Å². The molecule has 6 nitrogen and oxygen atoms in total. The number of carbonyl (C=O) groups is 1. The zero-order valence-corrected chi connectivity index (χ0v) is 8.98. The molecule has 16 heavy (non-hydrogen) atoms. The zero-order valence-electron chi connectivity index (χ0n) is 8.17. The number of carboxylic acids is 1. The van der Waals surface area contributed by atoms with Crippen molar-refractivity contribution < 1.29 is 23.1 Å². The lowest BCUT2D eigenvalue weighted by Gasteiger charge is -2.04. The van der Waals surface area contributed by atoms with Gasteiger partial charge in [-0.25, -0.2) is 9.59 Å². The largest absolute Gasteiger partial charge is 0.478 e. The first-order valence-electron chi connectivity index (χ1n) is 4.07. The highest BCUT2D eigenvalue weighted by atomic mass is 32.2. The highest BCUT2D eigenvalue weighted by Crippen LogP contribution is 2.20. The zero-order chi connectivity index (χ0) is 12.3. The summed E-state index contributed by atoms with van der Waals surface area (Å²) in [7, 11) is -4.16. The third-order valence-electron chi connectivity index (χ3n) is 1.95. The molecule has 0 radical (unpaired) electrons. The number of isocyanates is 1. The van der Waals surface area contributed by atoms with Gasteiger partial charge in [0.1, 0.15) is 0 Å². The van der Waals surface area contributed by atoms with Gasteiger partial charge in [0.15, 0.2) is 0 Å². The van der Waals surface area contributed by atoms with Crippen LogP contribution in [0.4, 0.5) is 0 Å². The molecule has 0 amide bonds. The Bertz CT molecular complexity index is 584. The number of carbonyl (C=O) groups excluding carboxylic acids is 1. The van der Waals surface area contributed by atoms with Crippen molar-refractivity contribution in [2.24, 2.45) is 4.40 Å². The molecule has 84 valence electrons. The molecule has 1 rings (SSSR count). The molecule has 0 aliphatic heterocycles. The van der Waals surface area contributed by atoms with Crippen molar-refractivity contribution in [3.8, 4) is 0 Å². The van der Waals surface area contributed by atoms with Crippen molar-refractivity contribution in [3.63, 3.8) is 0 Å². The van der Waals surface area contributed by atoms with E-state index in [0.717, 1.165) is 6.08 Å². The molecular weight excluding hydrogens is 234 g/mol. The average molecular weight is 241 g/mol. The molecular formula is C9H7NO5S. The molecule has 0 bridgehead atoms. The van der Waals surface area contributed by atoms with Crippen LogP contribution in [0.2, 0.25) is 0 Å². The highest BCUT2D eigenvalue weighted by molar-refractivity contribution is 7.90. The fourth-order valence-electron chi connectivity index (χ4n) is 1.22. The number of benzene rings is 1. The number of nitrogens with zero attached hydrogens (tertiary/aromatic N) is 1. The molecule has 0 heterocycles. The minimum absolute atomic E-state index is 0.0361. The van der Waals surface area contributed by atoms with E-state index in [4.69, 9.17) is 5.11 Å². The van der Waals surface area contributed by atoms with Gasteiger partial charge >= 0.3 is 5.97 Å². The van der Waals surface area contributed by atoms with Gasteiger partial charge in [0, 0.05) is 0 Å². The topological polar surface area (TPSA) is 101 Å². The summed E-state index contributed by atoms with van der Waals surface area (Å²) in [4.78, 5) is 20.4. The molecule has 0 atom stereocenters. The van der Waals surface area contributed by atoms with Crippen molar-refractivity contribution in [1.82, 2.24) is 0 Å². The Labute approximate surface area is 91.3 Å². The molecule has 0 fully saturated rings. The number of hydrogen-bond donors (Lipinski definition) is 1. The number of aromatic carboxylic acids is 1. The van der Waals surface area contributed by atoms with Crippen LogP contribution in [0.25, 0.3) is 0 Å². The first kappa shape index (κ1) is 12.1. The summed E-state index contributed by atoms with van der Waals surface area (Å²) in [6, 6.07) is 3.71. The lowest BCUT2D eigenvalue weighted by molar-refractivity contribution is 0.0696. The number of hydrogen-bond acceptors (Lipinski definition) is 4. The van der Waals surface area contributed by atoms with Crippen LogP contribution in [0, 0.1) is 6.92 Å². The Balaban J connectivity index is 3.55. The highest BCUT2D eigenvalue weighted by Gasteiger charge is 2.19. The summed E-state index contributed by atoms with van der Waals surface area (Å²) in [5.41, 5.74) is -0.115. The first-order chi connectivity index (χ1) is 7.40. The van der Waals surface area contributed by atoms with Crippen molar-refractivity contribution in [1.29, 1.82) is 0 Å². The van der Waals surface area contributed by atoms with Crippen LogP contribution in [0.1, 0.15) is 15.9 Å².